The second-order valence-corrected chi connectivity index (χ2v) is 6.78. The van der Waals surface area contributed by atoms with Gasteiger partial charge in [-0.05, 0) is 41.3 Å². The number of hydrogen-bond donors (Lipinski definition) is 3. The fraction of sp³-hybridized carbons (Fsp3) is 0. The van der Waals surface area contributed by atoms with Crippen LogP contribution in [-0.4, -0.2) is 29.1 Å². The molecule has 27 heavy (non-hydrogen) atoms. The zero-order valence-electron chi connectivity index (χ0n) is 13.9. The summed E-state index contributed by atoms with van der Waals surface area (Å²) in [5, 5.41) is 9.80. The second-order valence-electron chi connectivity index (χ2n) is 5.52. The summed E-state index contributed by atoms with van der Waals surface area (Å²) < 4.78 is 34.8. The number of nitrogens with zero attached hydrogens (tertiary/aromatic N) is 2. The lowest BCUT2D eigenvalue weighted by Crippen LogP contribution is -2.25. The van der Waals surface area contributed by atoms with E-state index in [0.29, 0.717) is 10.9 Å². The van der Waals surface area contributed by atoms with Gasteiger partial charge in [0, 0.05) is 23.9 Å². The first-order valence-corrected chi connectivity index (χ1v) is 9.12. The molecule has 0 fully saturated rings. The molecule has 0 saturated carbocycles. The van der Waals surface area contributed by atoms with Crippen molar-refractivity contribution in [2.45, 2.75) is 0 Å². The van der Waals surface area contributed by atoms with Gasteiger partial charge in [0.2, 0.25) is 0 Å². The molecule has 3 rings (SSSR count). The molecule has 0 bridgehead atoms. The number of nitrogens with one attached hydrogen (secondary N) is 1. The van der Waals surface area contributed by atoms with Crippen LogP contribution in [0.2, 0.25) is 0 Å². The van der Waals surface area contributed by atoms with Crippen LogP contribution in [0.4, 0.5) is 11.4 Å². The molecule has 8 nitrogen and oxygen atoms in total. The third-order valence-corrected chi connectivity index (χ3v) is 4.64. The van der Waals surface area contributed by atoms with E-state index in [1.165, 1.54) is 29.9 Å². The molecular weight excluding hydrogens is 370 g/mol. The summed E-state index contributed by atoms with van der Waals surface area (Å²) in [5.74, 6) is -0.693. The van der Waals surface area contributed by atoms with Crippen molar-refractivity contribution in [2.75, 3.05) is 4.31 Å². The molecule has 0 spiro atoms. The van der Waals surface area contributed by atoms with Crippen LogP contribution < -0.4 is 9.79 Å². The minimum Gasteiger partial charge on any atom is -0.288 e. The van der Waals surface area contributed by atoms with Gasteiger partial charge in [-0.15, -0.1) is 0 Å². The van der Waals surface area contributed by atoms with Crippen molar-refractivity contribution >= 4 is 44.4 Å². The molecule has 3 N–H and O–H groups in total. The van der Waals surface area contributed by atoms with Crippen LogP contribution in [0.25, 0.3) is 16.8 Å². The van der Waals surface area contributed by atoms with Crippen LogP contribution in [0.15, 0.2) is 67.0 Å². The minimum absolute atomic E-state index is 0.206. The third-order valence-electron chi connectivity index (χ3n) is 3.78. The summed E-state index contributed by atoms with van der Waals surface area (Å²) in [6, 6.07) is 12.9. The average Bonchev–Trinajstić information content (AvgIpc) is 2.66. The zero-order valence-corrected chi connectivity index (χ0v) is 14.7. The smallest absolute Gasteiger partial charge is 0.288 e. The molecule has 3 aromatic rings. The minimum atomic E-state index is -4.61. The van der Waals surface area contributed by atoms with Crippen LogP contribution in [0.3, 0.4) is 0 Å². The first-order valence-electron chi connectivity index (χ1n) is 7.73. The number of carbonyl (C=O) groups excluding carboxylic acids is 1. The van der Waals surface area contributed by atoms with Crippen molar-refractivity contribution in [1.82, 2.24) is 10.5 Å². The molecule has 1 amide bonds. The second kappa shape index (κ2) is 7.54. The molecular formula is C18H15N3O5S. The number of carbonyl (C=O) groups is 1. The topological polar surface area (TPSA) is 120 Å². The van der Waals surface area contributed by atoms with Crippen molar-refractivity contribution in [3.05, 3.63) is 72.6 Å². The molecule has 0 saturated heterocycles. The van der Waals surface area contributed by atoms with Crippen LogP contribution in [0.1, 0.15) is 5.56 Å². The summed E-state index contributed by atoms with van der Waals surface area (Å²) in [6.07, 6.45) is 5.67. The fourth-order valence-corrected chi connectivity index (χ4v) is 3.40. The Bertz CT molecular complexity index is 1110. The molecule has 0 atom stereocenters. The van der Waals surface area contributed by atoms with Gasteiger partial charge in [-0.3, -0.25) is 19.5 Å². The highest BCUT2D eigenvalue weighted by Crippen LogP contribution is 2.34. The molecule has 1 heterocycles. The standard InChI is InChI=1S/C18H15N3O5S/c22-18(20-23)9-6-13-4-7-15(8-5-13)21(27(24,25)26)17-3-1-2-14-10-11-19-12-16(14)17/h1-12,23H,(H,20,22)(H,24,25,26)/b9-6+. The van der Waals surface area contributed by atoms with E-state index in [1.807, 2.05) is 6.07 Å². The van der Waals surface area contributed by atoms with Gasteiger partial charge in [-0.2, -0.15) is 8.42 Å². The van der Waals surface area contributed by atoms with Crippen molar-refractivity contribution < 1.29 is 23.0 Å². The maximum absolute atomic E-state index is 12.1. The Balaban J connectivity index is 2.07. The van der Waals surface area contributed by atoms with Gasteiger partial charge in [0.05, 0.1) is 11.4 Å². The average molecular weight is 385 g/mol. The van der Waals surface area contributed by atoms with Gasteiger partial charge in [-0.25, -0.2) is 9.79 Å². The molecule has 138 valence electrons. The van der Waals surface area contributed by atoms with E-state index in [2.05, 4.69) is 4.98 Å². The Labute approximate surface area is 155 Å². The predicted octanol–water partition coefficient (Wildman–Crippen LogP) is 2.69. The molecule has 0 unspecified atom stereocenters. The lowest BCUT2D eigenvalue weighted by atomic mass is 10.1. The Morgan fingerprint density at radius 3 is 2.52 bits per heavy atom. The molecule has 1 aromatic heterocycles. The number of pyridine rings is 1. The normalized spacial score (nSPS) is 11.6. The molecule has 2 aromatic carbocycles. The van der Waals surface area contributed by atoms with Crippen LogP contribution in [-0.2, 0) is 15.1 Å². The van der Waals surface area contributed by atoms with Gasteiger partial charge >= 0.3 is 10.3 Å². The summed E-state index contributed by atoms with van der Waals surface area (Å²) >= 11 is 0. The Kier molecular flexibility index (Phi) is 5.17. The Morgan fingerprint density at radius 2 is 1.85 bits per heavy atom. The molecule has 0 aliphatic rings. The van der Waals surface area contributed by atoms with Gasteiger partial charge in [0.1, 0.15) is 0 Å². The number of benzene rings is 2. The summed E-state index contributed by atoms with van der Waals surface area (Å²) in [6.45, 7) is 0. The summed E-state index contributed by atoms with van der Waals surface area (Å²) in [4.78, 5) is 15.1. The predicted molar refractivity (Wildman–Crippen MR) is 101 cm³/mol. The fourth-order valence-electron chi connectivity index (χ4n) is 2.60. The highest BCUT2D eigenvalue weighted by atomic mass is 32.2. The largest absolute Gasteiger partial charge is 0.364 e. The quantitative estimate of drug-likeness (QED) is 0.269. The first-order chi connectivity index (χ1) is 12.9. The number of amides is 1. The third kappa shape index (κ3) is 4.11. The van der Waals surface area contributed by atoms with Crippen LogP contribution >= 0.6 is 0 Å². The molecule has 0 aliphatic heterocycles. The Morgan fingerprint density at radius 1 is 1.11 bits per heavy atom. The van der Waals surface area contributed by atoms with Gasteiger partial charge in [0.15, 0.2) is 0 Å². The van der Waals surface area contributed by atoms with E-state index in [0.717, 1.165) is 15.8 Å². The van der Waals surface area contributed by atoms with Crippen molar-refractivity contribution in [3.8, 4) is 0 Å². The number of anilines is 2. The van der Waals surface area contributed by atoms with E-state index >= 15 is 0 Å². The van der Waals surface area contributed by atoms with Crippen molar-refractivity contribution in [2.24, 2.45) is 0 Å². The van der Waals surface area contributed by atoms with Gasteiger partial charge in [-0.1, -0.05) is 24.3 Å². The highest BCUT2D eigenvalue weighted by molar-refractivity contribution is 7.87. The lowest BCUT2D eigenvalue weighted by molar-refractivity contribution is -0.124. The van der Waals surface area contributed by atoms with Crippen LogP contribution in [0, 0.1) is 0 Å². The first kappa shape index (κ1) is 18.5. The highest BCUT2D eigenvalue weighted by Gasteiger charge is 2.23. The number of fused-ring (bicyclic) bond motifs is 1. The van der Waals surface area contributed by atoms with Crippen molar-refractivity contribution in [1.29, 1.82) is 0 Å². The SMILES string of the molecule is O=C(/C=C/c1ccc(N(c2cccc3ccncc23)S(=O)(=O)O)cc1)NO. The maximum Gasteiger partial charge on any atom is 0.364 e. The molecule has 0 radical (unpaired) electrons. The van der Waals surface area contributed by atoms with E-state index in [9.17, 15) is 17.8 Å². The monoisotopic (exact) mass is 385 g/mol. The Hall–Kier alpha value is -3.27. The molecule has 9 heteroatoms. The lowest BCUT2D eigenvalue weighted by Gasteiger charge is -2.22. The number of rotatable bonds is 5. The van der Waals surface area contributed by atoms with Gasteiger partial charge in [0.25, 0.3) is 5.91 Å². The number of hydrogen-bond acceptors (Lipinski definition) is 5. The molecule has 0 aliphatic carbocycles. The van der Waals surface area contributed by atoms with E-state index in [1.54, 1.807) is 36.5 Å². The number of aromatic nitrogens is 1. The van der Waals surface area contributed by atoms with Crippen molar-refractivity contribution in [3.63, 3.8) is 0 Å². The van der Waals surface area contributed by atoms with E-state index in [-0.39, 0.29) is 11.4 Å². The maximum atomic E-state index is 12.1. The number of hydroxylamine groups is 1. The zero-order chi connectivity index (χ0) is 19.4. The van der Waals surface area contributed by atoms with E-state index in [4.69, 9.17) is 5.21 Å². The van der Waals surface area contributed by atoms with Gasteiger partial charge < -0.3 is 0 Å². The van der Waals surface area contributed by atoms with E-state index < -0.39 is 16.2 Å². The summed E-state index contributed by atoms with van der Waals surface area (Å²) in [7, 11) is -4.61. The summed E-state index contributed by atoms with van der Waals surface area (Å²) in [5.41, 5.74) is 2.53. The van der Waals surface area contributed by atoms with Crippen LogP contribution in [0.5, 0.6) is 0 Å².